The van der Waals surface area contributed by atoms with Crippen molar-refractivity contribution >= 4 is 45.8 Å². The van der Waals surface area contributed by atoms with E-state index >= 15 is 0 Å². The quantitative estimate of drug-likeness (QED) is 0.795. The van der Waals surface area contributed by atoms with E-state index in [0.29, 0.717) is 12.5 Å². The second-order valence-corrected chi connectivity index (χ2v) is 7.30. The molecule has 2 aliphatic rings. The zero-order valence-corrected chi connectivity index (χ0v) is 16.0. The number of halogens is 2. The molecule has 2 saturated heterocycles. The molecule has 2 amide bonds. The van der Waals surface area contributed by atoms with Gasteiger partial charge in [-0.05, 0) is 53.5 Å². The molecule has 5 nitrogen and oxygen atoms in total. The van der Waals surface area contributed by atoms with Crippen LogP contribution in [0.3, 0.4) is 0 Å². The number of para-hydroxylation sites is 1. The maximum absolute atomic E-state index is 12.5. The number of carbonyl (C=O) groups is 2. The van der Waals surface area contributed by atoms with Crippen molar-refractivity contribution in [1.82, 2.24) is 10.6 Å². The van der Waals surface area contributed by atoms with Crippen molar-refractivity contribution in [3.8, 4) is 0 Å². The van der Waals surface area contributed by atoms with E-state index in [1.807, 2.05) is 24.3 Å². The molecule has 2 fully saturated rings. The second kappa shape index (κ2) is 8.32. The molecule has 0 bridgehead atoms. The van der Waals surface area contributed by atoms with Crippen LogP contribution in [0.1, 0.15) is 19.8 Å². The van der Waals surface area contributed by atoms with Gasteiger partial charge in [-0.15, -0.1) is 12.4 Å². The van der Waals surface area contributed by atoms with Gasteiger partial charge in [0.1, 0.15) is 0 Å². The summed E-state index contributed by atoms with van der Waals surface area (Å²) in [7, 11) is 0. The third kappa shape index (κ3) is 4.10. The molecule has 2 aliphatic heterocycles. The lowest BCUT2D eigenvalue weighted by Gasteiger charge is -2.31. The summed E-state index contributed by atoms with van der Waals surface area (Å²) in [4.78, 5) is 26.6. The van der Waals surface area contributed by atoms with Gasteiger partial charge < -0.3 is 15.5 Å². The Labute approximate surface area is 157 Å². The third-order valence-corrected chi connectivity index (χ3v) is 5.42. The van der Waals surface area contributed by atoms with Gasteiger partial charge in [0.05, 0.1) is 11.6 Å². The highest BCUT2D eigenvalue weighted by Crippen LogP contribution is 2.31. The molecule has 1 aromatic rings. The van der Waals surface area contributed by atoms with Gasteiger partial charge in [0.15, 0.2) is 0 Å². The van der Waals surface area contributed by atoms with Gasteiger partial charge in [-0.25, -0.2) is 0 Å². The summed E-state index contributed by atoms with van der Waals surface area (Å²) in [6.45, 7) is 4.45. The van der Waals surface area contributed by atoms with E-state index in [4.69, 9.17) is 0 Å². The van der Waals surface area contributed by atoms with Crippen molar-refractivity contribution in [3.05, 3.63) is 28.7 Å². The Morgan fingerprint density at radius 3 is 2.83 bits per heavy atom. The monoisotopic (exact) mass is 415 g/mol. The molecular weight excluding hydrogens is 394 g/mol. The van der Waals surface area contributed by atoms with Gasteiger partial charge in [-0.2, -0.15) is 0 Å². The fourth-order valence-corrected chi connectivity index (χ4v) is 3.81. The topological polar surface area (TPSA) is 61.4 Å². The lowest BCUT2D eigenvalue weighted by Crippen LogP contribution is -2.50. The lowest BCUT2D eigenvalue weighted by molar-refractivity contribution is -0.127. The van der Waals surface area contributed by atoms with Crippen molar-refractivity contribution in [2.45, 2.75) is 25.8 Å². The van der Waals surface area contributed by atoms with E-state index < -0.39 is 0 Å². The summed E-state index contributed by atoms with van der Waals surface area (Å²) in [5.41, 5.74) is 0.836. The number of piperidine rings is 1. The molecule has 3 atom stereocenters. The highest BCUT2D eigenvalue weighted by atomic mass is 79.9. The maximum Gasteiger partial charge on any atom is 0.227 e. The van der Waals surface area contributed by atoms with E-state index in [-0.39, 0.29) is 42.6 Å². The molecule has 0 aliphatic carbocycles. The van der Waals surface area contributed by atoms with Crippen LogP contribution in [0.2, 0.25) is 0 Å². The molecule has 2 N–H and O–H groups in total. The highest BCUT2D eigenvalue weighted by Gasteiger charge is 2.37. The minimum absolute atomic E-state index is 0. The Kier molecular flexibility index (Phi) is 6.66. The summed E-state index contributed by atoms with van der Waals surface area (Å²) in [6.07, 6.45) is 1.23. The summed E-state index contributed by atoms with van der Waals surface area (Å²) in [6, 6.07) is 7.83. The van der Waals surface area contributed by atoms with Crippen LogP contribution in [0.5, 0.6) is 0 Å². The van der Waals surface area contributed by atoms with Crippen molar-refractivity contribution < 1.29 is 9.59 Å². The number of carbonyl (C=O) groups excluding carboxylic acids is 2. The number of nitrogens with one attached hydrogen (secondary N) is 2. The van der Waals surface area contributed by atoms with Crippen molar-refractivity contribution in [2.75, 3.05) is 24.5 Å². The number of hydrogen-bond acceptors (Lipinski definition) is 3. The SMILES string of the molecule is CC1CNCCC1NC(=O)C1CC(=O)N(c2ccccc2Br)C1.Cl. The van der Waals surface area contributed by atoms with Gasteiger partial charge in [0, 0.05) is 23.5 Å². The molecule has 0 saturated carbocycles. The Morgan fingerprint density at radius 2 is 2.12 bits per heavy atom. The summed E-state index contributed by atoms with van der Waals surface area (Å²) < 4.78 is 0.876. The van der Waals surface area contributed by atoms with Crippen LogP contribution in [0, 0.1) is 11.8 Å². The number of rotatable bonds is 3. The van der Waals surface area contributed by atoms with E-state index in [9.17, 15) is 9.59 Å². The van der Waals surface area contributed by atoms with Crippen LogP contribution >= 0.6 is 28.3 Å². The standard InChI is InChI=1S/C17H22BrN3O2.ClH/c1-11-9-19-7-6-14(11)20-17(23)12-8-16(22)21(10-12)15-5-3-2-4-13(15)18;/h2-5,11-12,14,19H,6-10H2,1H3,(H,20,23);1H. The van der Waals surface area contributed by atoms with Crippen LogP contribution in [-0.2, 0) is 9.59 Å². The highest BCUT2D eigenvalue weighted by molar-refractivity contribution is 9.10. The molecule has 0 radical (unpaired) electrons. The number of hydrogen-bond donors (Lipinski definition) is 2. The van der Waals surface area contributed by atoms with Crippen molar-refractivity contribution in [1.29, 1.82) is 0 Å². The van der Waals surface area contributed by atoms with Gasteiger partial charge in [0.25, 0.3) is 0 Å². The normalized spacial score (nSPS) is 26.8. The summed E-state index contributed by atoms with van der Waals surface area (Å²) in [5.74, 6) is 0.169. The first-order valence-electron chi connectivity index (χ1n) is 8.12. The molecule has 3 unspecified atom stereocenters. The Bertz CT molecular complexity index is 613. The molecule has 132 valence electrons. The van der Waals surface area contributed by atoms with Crippen LogP contribution in [-0.4, -0.2) is 37.5 Å². The smallest absolute Gasteiger partial charge is 0.227 e. The predicted octanol–water partition coefficient (Wildman–Crippen LogP) is 2.34. The Morgan fingerprint density at radius 1 is 1.38 bits per heavy atom. The van der Waals surface area contributed by atoms with Gasteiger partial charge in [0.2, 0.25) is 11.8 Å². The average molecular weight is 417 g/mol. The minimum Gasteiger partial charge on any atom is -0.353 e. The van der Waals surface area contributed by atoms with Crippen LogP contribution < -0.4 is 15.5 Å². The Balaban J connectivity index is 0.00000208. The summed E-state index contributed by atoms with van der Waals surface area (Å²) >= 11 is 3.48. The Hall–Kier alpha value is -1.11. The number of nitrogens with zero attached hydrogens (tertiary/aromatic N) is 1. The van der Waals surface area contributed by atoms with E-state index in [2.05, 4.69) is 33.5 Å². The van der Waals surface area contributed by atoms with E-state index in [1.54, 1.807) is 4.90 Å². The van der Waals surface area contributed by atoms with Gasteiger partial charge >= 0.3 is 0 Å². The minimum atomic E-state index is -0.267. The fourth-order valence-electron chi connectivity index (χ4n) is 3.32. The van der Waals surface area contributed by atoms with Gasteiger partial charge in [-0.1, -0.05) is 19.1 Å². The molecule has 7 heteroatoms. The van der Waals surface area contributed by atoms with E-state index in [1.165, 1.54) is 0 Å². The number of amides is 2. The number of anilines is 1. The molecule has 1 aromatic carbocycles. The van der Waals surface area contributed by atoms with Gasteiger partial charge in [-0.3, -0.25) is 9.59 Å². The first-order chi connectivity index (χ1) is 11.1. The van der Waals surface area contributed by atoms with Crippen molar-refractivity contribution in [2.24, 2.45) is 11.8 Å². The first kappa shape index (κ1) is 19.2. The largest absolute Gasteiger partial charge is 0.353 e. The third-order valence-electron chi connectivity index (χ3n) is 4.75. The van der Waals surface area contributed by atoms with E-state index in [0.717, 1.165) is 29.7 Å². The lowest BCUT2D eigenvalue weighted by atomic mass is 9.94. The molecule has 0 spiro atoms. The van der Waals surface area contributed by atoms with Crippen LogP contribution in [0.15, 0.2) is 28.7 Å². The molecule has 24 heavy (non-hydrogen) atoms. The zero-order valence-electron chi connectivity index (χ0n) is 13.6. The van der Waals surface area contributed by atoms with Crippen molar-refractivity contribution in [3.63, 3.8) is 0 Å². The first-order valence-corrected chi connectivity index (χ1v) is 8.91. The predicted molar refractivity (Wildman–Crippen MR) is 100 cm³/mol. The fraction of sp³-hybridized carbons (Fsp3) is 0.529. The van der Waals surface area contributed by atoms with Crippen LogP contribution in [0.4, 0.5) is 5.69 Å². The average Bonchev–Trinajstić information content (AvgIpc) is 2.92. The molecular formula is C17H23BrClN3O2. The molecule has 2 heterocycles. The number of benzene rings is 1. The second-order valence-electron chi connectivity index (χ2n) is 6.44. The zero-order chi connectivity index (χ0) is 16.4. The molecule has 0 aromatic heterocycles. The summed E-state index contributed by atoms with van der Waals surface area (Å²) in [5, 5.41) is 6.48. The van der Waals surface area contributed by atoms with Crippen LogP contribution in [0.25, 0.3) is 0 Å². The molecule has 3 rings (SSSR count). The maximum atomic E-state index is 12.5.